The van der Waals surface area contributed by atoms with Gasteiger partial charge in [0.2, 0.25) is 0 Å². The van der Waals surface area contributed by atoms with Gasteiger partial charge in [0.1, 0.15) is 0 Å². The number of benzene rings is 1. The summed E-state index contributed by atoms with van der Waals surface area (Å²) in [6, 6.07) is 9.19. The van der Waals surface area contributed by atoms with Crippen molar-refractivity contribution in [1.29, 1.82) is 0 Å². The van der Waals surface area contributed by atoms with E-state index in [1.165, 1.54) is 24.8 Å². The lowest BCUT2D eigenvalue weighted by Crippen LogP contribution is -2.25. The first-order valence-electron chi connectivity index (χ1n) is 5.72. The highest BCUT2D eigenvalue weighted by atomic mass is 79.9. The van der Waals surface area contributed by atoms with Crippen molar-refractivity contribution in [2.75, 3.05) is 0 Å². The maximum absolute atomic E-state index is 3.57. The van der Waals surface area contributed by atoms with E-state index in [1.54, 1.807) is 0 Å². The molecule has 0 aliphatic heterocycles. The molecule has 1 aliphatic rings. The first-order valence-corrected chi connectivity index (χ1v) is 6.51. The van der Waals surface area contributed by atoms with Gasteiger partial charge in [-0.2, -0.15) is 0 Å². The van der Waals surface area contributed by atoms with E-state index in [4.69, 9.17) is 0 Å². The van der Waals surface area contributed by atoms with E-state index in [9.17, 15) is 0 Å². The van der Waals surface area contributed by atoms with Gasteiger partial charge in [-0.1, -0.05) is 40.9 Å². The summed E-state index contributed by atoms with van der Waals surface area (Å²) >= 11 is 3.45. The Morgan fingerprint density at radius 2 is 2.00 bits per heavy atom. The number of halogens is 1. The summed E-state index contributed by atoms with van der Waals surface area (Å²) in [4.78, 5) is 0. The second-order valence-electron chi connectivity index (χ2n) is 4.59. The third kappa shape index (κ3) is 3.96. The van der Waals surface area contributed by atoms with Gasteiger partial charge < -0.3 is 5.32 Å². The molecule has 1 nitrogen and oxygen atoms in total. The number of hydrogen-bond acceptors (Lipinski definition) is 1. The molecule has 2 rings (SSSR count). The van der Waals surface area contributed by atoms with Gasteiger partial charge >= 0.3 is 0 Å². The quantitative estimate of drug-likeness (QED) is 0.858. The first kappa shape index (κ1) is 11.2. The third-order valence-corrected chi connectivity index (χ3v) is 3.48. The van der Waals surface area contributed by atoms with Gasteiger partial charge in [0, 0.05) is 17.1 Å². The molecule has 0 bridgehead atoms. The van der Waals surface area contributed by atoms with E-state index in [0.717, 1.165) is 16.9 Å². The van der Waals surface area contributed by atoms with Crippen LogP contribution in [-0.4, -0.2) is 6.04 Å². The topological polar surface area (TPSA) is 12.0 Å². The molecule has 0 saturated heterocycles. The van der Waals surface area contributed by atoms with Crippen LogP contribution in [0.25, 0.3) is 0 Å². The van der Waals surface area contributed by atoms with Crippen LogP contribution in [0.5, 0.6) is 0 Å². The van der Waals surface area contributed by atoms with Crippen molar-refractivity contribution in [3.63, 3.8) is 0 Å². The standard InChI is InChI=1S/C13H18BrN/c1-10(8-11-2-3-11)15-9-12-4-6-13(14)7-5-12/h4-7,10-11,15H,2-3,8-9H2,1H3. The van der Waals surface area contributed by atoms with Crippen LogP contribution >= 0.6 is 15.9 Å². The molecule has 1 fully saturated rings. The van der Waals surface area contributed by atoms with Crippen LogP contribution in [0.3, 0.4) is 0 Å². The number of hydrogen-bond donors (Lipinski definition) is 1. The molecule has 1 aromatic carbocycles. The third-order valence-electron chi connectivity index (χ3n) is 2.95. The average molecular weight is 268 g/mol. The van der Waals surface area contributed by atoms with Crippen LogP contribution in [0.15, 0.2) is 28.7 Å². The molecule has 1 atom stereocenters. The predicted octanol–water partition coefficient (Wildman–Crippen LogP) is 3.73. The lowest BCUT2D eigenvalue weighted by molar-refractivity contribution is 0.487. The Kier molecular flexibility index (Phi) is 3.81. The van der Waals surface area contributed by atoms with Crippen molar-refractivity contribution in [3.05, 3.63) is 34.3 Å². The first-order chi connectivity index (χ1) is 7.24. The monoisotopic (exact) mass is 267 g/mol. The fourth-order valence-electron chi connectivity index (χ4n) is 1.83. The SMILES string of the molecule is CC(CC1CC1)NCc1ccc(Br)cc1. The lowest BCUT2D eigenvalue weighted by Gasteiger charge is -2.13. The molecular weight excluding hydrogens is 250 g/mol. The molecule has 1 aromatic rings. The minimum Gasteiger partial charge on any atom is -0.310 e. The normalized spacial score (nSPS) is 17.7. The summed E-state index contributed by atoms with van der Waals surface area (Å²) in [6.07, 6.45) is 4.24. The van der Waals surface area contributed by atoms with E-state index in [-0.39, 0.29) is 0 Å². The molecule has 1 saturated carbocycles. The van der Waals surface area contributed by atoms with Crippen LogP contribution in [0.1, 0.15) is 31.7 Å². The minimum absolute atomic E-state index is 0.654. The zero-order valence-electron chi connectivity index (χ0n) is 9.17. The van der Waals surface area contributed by atoms with Gasteiger partial charge in [-0.05, 0) is 37.0 Å². The second-order valence-corrected chi connectivity index (χ2v) is 5.50. The van der Waals surface area contributed by atoms with Gasteiger partial charge in [0.05, 0.1) is 0 Å². The molecule has 0 spiro atoms. The van der Waals surface area contributed by atoms with Crippen molar-refractivity contribution in [1.82, 2.24) is 5.32 Å². The zero-order valence-corrected chi connectivity index (χ0v) is 10.8. The summed E-state index contributed by atoms with van der Waals surface area (Å²) < 4.78 is 1.15. The fraction of sp³-hybridized carbons (Fsp3) is 0.538. The van der Waals surface area contributed by atoms with E-state index < -0.39 is 0 Å². The Balaban J connectivity index is 1.74. The molecule has 0 radical (unpaired) electrons. The number of rotatable bonds is 5. The van der Waals surface area contributed by atoms with Gasteiger partial charge in [0.15, 0.2) is 0 Å². The Bertz CT molecular complexity index is 303. The summed E-state index contributed by atoms with van der Waals surface area (Å²) in [5, 5.41) is 3.57. The van der Waals surface area contributed by atoms with Crippen molar-refractivity contribution in [2.24, 2.45) is 5.92 Å². The fourth-order valence-corrected chi connectivity index (χ4v) is 2.10. The highest BCUT2D eigenvalue weighted by molar-refractivity contribution is 9.10. The van der Waals surface area contributed by atoms with Crippen molar-refractivity contribution >= 4 is 15.9 Å². The molecular formula is C13H18BrN. The molecule has 82 valence electrons. The van der Waals surface area contributed by atoms with Gasteiger partial charge in [-0.25, -0.2) is 0 Å². The van der Waals surface area contributed by atoms with E-state index >= 15 is 0 Å². The smallest absolute Gasteiger partial charge is 0.0207 e. The van der Waals surface area contributed by atoms with Crippen LogP contribution in [0, 0.1) is 5.92 Å². The summed E-state index contributed by atoms with van der Waals surface area (Å²) in [7, 11) is 0. The van der Waals surface area contributed by atoms with Crippen LogP contribution < -0.4 is 5.32 Å². The largest absolute Gasteiger partial charge is 0.310 e. The van der Waals surface area contributed by atoms with Crippen LogP contribution in [-0.2, 0) is 6.54 Å². The molecule has 1 unspecified atom stereocenters. The molecule has 2 heteroatoms. The van der Waals surface area contributed by atoms with Gasteiger partial charge in [0.25, 0.3) is 0 Å². The molecule has 0 heterocycles. The van der Waals surface area contributed by atoms with Crippen LogP contribution in [0.4, 0.5) is 0 Å². The Morgan fingerprint density at radius 1 is 1.33 bits per heavy atom. The van der Waals surface area contributed by atoms with Gasteiger partial charge in [-0.15, -0.1) is 0 Å². The van der Waals surface area contributed by atoms with E-state index in [1.807, 2.05) is 0 Å². The predicted molar refractivity (Wildman–Crippen MR) is 67.8 cm³/mol. The lowest BCUT2D eigenvalue weighted by atomic mass is 10.1. The summed E-state index contributed by atoms with van der Waals surface area (Å²) in [6.45, 7) is 3.28. The highest BCUT2D eigenvalue weighted by Crippen LogP contribution is 2.33. The van der Waals surface area contributed by atoms with Crippen LogP contribution in [0.2, 0.25) is 0 Å². The number of nitrogens with one attached hydrogen (secondary N) is 1. The molecule has 0 amide bonds. The average Bonchev–Trinajstić information content (AvgIpc) is 3.01. The molecule has 1 aliphatic carbocycles. The summed E-state index contributed by atoms with van der Waals surface area (Å²) in [5.41, 5.74) is 1.36. The van der Waals surface area contributed by atoms with Crippen molar-refractivity contribution < 1.29 is 0 Å². The summed E-state index contributed by atoms with van der Waals surface area (Å²) in [5.74, 6) is 1.01. The van der Waals surface area contributed by atoms with E-state index in [0.29, 0.717) is 6.04 Å². The van der Waals surface area contributed by atoms with Crippen molar-refractivity contribution in [2.45, 2.75) is 38.8 Å². The minimum atomic E-state index is 0.654. The molecule has 0 aromatic heterocycles. The molecule has 15 heavy (non-hydrogen) atoms. The Labute approximate surface area is 100 Å². The highest BCUT2D eigenvalue weighted by Gasteiger charge is 2.23. The van der Waals surface area contributed by atoms with Gasteiger partial charge in [-0.3, -0.25) is 0 Å². The van der Waals surface area contributed by atoms with E-state index in [2.05, 4.69) is 52.4 Å². The Morgan fingerprint density at radius 3 is 2.60 bits per heavy atom. The van der Waals surface area contributed by atoms with Crippen molar-refractivity contribution in [3.8, 4) is 0 Å². The molecule has 1 N–H and O–H groups in total. The maximum atomic E-state index is 3.57. The Hall–Kier alpha value is -0.340. The maximum Gasteiger partial charge on any atom is 0.0207 e. The zero-order chi connectivity index (χ0) is 10.7. The second kappa shape index (κ2) is 5.13.